The van der Waals surface area contributed by atoms with Gasteiger partial charge in [-0.25, -0.2) is 0 Å². The summed E-state index contributed by atoms with van der Waals surface area (Å²) in [5, 5.41) is 11.4. The molecule has 2 nitrogen and oxygen atoms in total. The van der Waals surface area contributed by atoms with Crippen LogP contribution in [-0.2, 0) is 12.0 Å². The van der Waals surface area contributed by atoms with Gasteiger partial charge in [-0.1, -0.05) is 48.5 Å². The number of rotatable bonds is 1. The van der Waals surface area contributed by atoms with Crippen LogP contribution < -0.4 is 0 Å². The van der Waals surface area contributed by atoms with E-state index >= 15 is 0 Å². The largest absolute Gasteiger partial charge is 0.466 e. The van der Waals surface area contributed by atoms with Crippen molar-refractivity contribution in [3.05, 3.63) is 94.9 Å². The van der Waals surface area contributed by atoms with E-state index in [-0.39, 0.29) is 0 Å². The Kier molecular flexibility index (Phi) is 2.35. The van der Waals surface area contributed by atoms with Crippen LogP contribution >= 0.6 is 0 Å². The molecule has 2 aromatic carbocycles. The van der Waals surface area contributed by atoms with Crippen LogP contribution in [0.2, 0.25) is 0 Å². The van der Waals surface area contributed by atoms with Gasteiger partial charge >= 0.3 is 0 Å². The molecule has 1 aliphatic rings. The molecule has 1 aliphatic carbocycles. The summed E-state index contributed by atoms with van der Waals surface area (Å²) in [6, 6.07) is 19.7. The monoisotopic (exact) mass is 262 g/mol. The van der Waals surface area contributed by atoms with Crippen molar-refractivity contribution in [2.75, 3.05) is 0 Å². The molecule has 20 heavy (non-hydrogen) atoms. The van der Waals surface area contributed by atoms with E-state index in [1.54, 1.807) is 6.26 Å². The maximum atomic E-state index is 11.4. The summed E-state index contributed by atoms with van der Waals surface area (Å²) in [5.41, 5.74) is 2.91. The first-order chi connectivity index (χ1) is 9.80. The Labute approximate surface area is 117 Å². The third kappa shape index (κ3) is 1.43. The van der Waals surface area contributed by atoms with Gasteiger partial charge < -0.3 is 9.52 Å². The average molecular weight is 262 g/mol. The number of hydrogen-bond donors (Lipinski definition) is 1. The Hall–Kier alpha value is -2.32. The molecule has 0 fully saturated rings. The molecule has 0 unspecified atom stereocenters. The molecule has 1 aromatic heterocycles. The zero-order valence-corrected chi connectivity index (χ0v) is 10.9. The van der Waals surface area contributed by atoms with E-state index < -0.39 is 5.60 Å². The summed E-state index contributed by atoms with van der Waals surface area (Å²) in [5.74, 6) is 0.567. The van der Waals surface area contributed by atoms with Crippen molar-refractivity contribution in [2.45, 2.75) is 12.0 Å². The summed E-state index contributed by atoms with van der Waals surface area (Å²) < 4.78 is 5.54. The Bertz CT molecular complexity index is 711. The third-order valence-electron chi connectivity index (χ3n) is 4.07. The fraction of sp³-hybridized carbons (Fsp3) is 0.111. The first-order valence-electron chi connectivity index (χ1n) is 6.73. The lowest BCUT2D eigenvalue weighted by atomic mass is 9.73. The van der Waals surface area contributed by atoms with Crippen molar-refractivity contribution in [1.82, 2.24) is 0 Å². The molecular formula is C18H14O2. The number of benzene rings is 2. The summed E-state index contributed by atoms with van der Waals surface area (Å²) in [6.07, 6.45) is 2.45. The average Bonchev–Trinajstić information content (AvgIpc) is 3.02. The molecule has 2 heteroatoms. The van der Waals surface area contributed by atoms with Gasteiger partial charge in [0.25, 0.3) is 0 Å². The molecule has 98 valence electrons. The van der Waals surface area contributed by atoms with Crippen molar-refractivity contribution in [1.29, 1.82) is 0 Å². The van der Waals surface area contributed by atoms with Crippen LogP contribution in [0.1, 0.15) is 28.0 Å². The molecule has 1 heterocycles. The molecule has 0 atom stereocenters. The van der Waals surface area contributed by atoms with E-state index in [2.05, 4.69) is 12.1 Å². The van der Waals surface area contributed by atoms with Gasteiger partial charge in [0.1, 0.15) is 5.76 Å². The van der Waals surface area contributed by atoms with Crippen molar-refractivity contribution < 1.29 is 9.52 Å². The number of furan rings is 1. The minimum absolute atomic E-state index is 0.567. The predicted octanol–water partition coefficient (Wildman–Crippen LogP) is 3.47. The quantitative estimate of drug-likeness (QED) is 0.728. The Morgan fingerprint density at radius 3 is 1.95 bits per heavy atom. The van der Waals surface area contributed by atoms with Crippen LogP contribution in [0.5, 0.6) is 0 Å². The minimum Gasteiger partial charge on any atom is -0.466 e. The molecular weight excluding hydrogens is 248 g/mol. The minimum atomic E-state index is -1.20. The lowest BCUT2D eigenvalue weighted by Crippen LogP contribution is -2.34. The smallest absolute Gasteiger partial charge is 0.173 e. The van der Waals surface area contributed by atoms with Gasteiger partial charge in [0.2, 0.25) is 0 Å². The molecule has 3 aromatic rings. The molecule has 4 rings (SSSR count). The van der Waals surface area contributed by atoms with E-state index in [0.717, 1.165) is 28.7 Å². The summed E-state index contributed by atoms with van der Waals surface area (Å²) in [6.45, 7) is 0. The Balaban J connectivity index is 2.07. The predicted molar refractivity (Wildman–Crippen MR) is 76.5 cm³/mol. The lowest BCUT2D eigenvalue weighted by molar-refractivity contribution is 0.0949. The third-order valence-corrected chi connectivity index (χ3v) is 4.07. The first kappa shape index (κ1) is 11.5. The fourth-order valence-corrected chi connectivity index (χ4v) is 3.15. The van der Waals surface area contributed by atoms with E-state index in [1.165, 1.54) is 0 Å². The number of fused-ring (bicyclic) bond motifs is 2. The second-order valence-corrected chi connectivity index (χ2v) is 5.18. The van der Waals surface area contributed by atoms with E-state index in [0.29, 0.717) is 5.76 Å². The van der Waals surface area contributed by atoms with E-state index in [4.69, 9.17) is 4.42 Å². The van der Waals surface area contributed by atoms with Gasteiger partial charge in [-0.15, -0.1) is 0 Å². The molecule has 0 aliphatic heterocycles. The standard InChI is InChI=1S/C18H14O2/c19-18(17-10-5-11-20-17)15-8-3-1-6-13(15)12-14-7-2-4-9-16(14)18/h1-11,19H,12H2. The molecule has 0 saturated heterocycles. The number of aliphatic hydroxyl groups is 1. The highest BCUT2D eigenvalue weighted by Gasteiger charge is 2.42. The van der Waals surface area contributed by atoms with Crippen LogP contribution in [0, 0.1) is 0 Å². The molecule has 1 N–H and O–H groups in total. The Morgan fingerprint density at radius 2 is 1.40 bits per heavy atom. The van der Waals surface area contributed by atoms with Crippen molar-refractivity contribution in [3.63, 3.8) is 0 Å². The maximum Gasteiger partial charge on any atom is 0.173 e. The molecule has 0 radical (unpaired) electrons. The normalized spacial score (nSPS) is 15.4. The van der Waals surface area contributed by atoms with Crippen LogP contribution in [-0.4, -0.2) is 5.11 Å². The highest BCUT2D eigenvalue weighted by molar-refractivity contribution is 5.55. The van der Waals surface area contributed by atoms with Gasteiger partial charge in [0, 0.05) is 0 Å². The van der Waals surface area contributed by atoms with Crippen LogP contribution in [0.25, 0.3) is 0 Å². The van der Waals surface area contributed by atoms with Gasteiger partial charge in [-0.3, -0.25) is 0 Å². The molecule has 0 bridgehead atoms. The van der Waals surface area contributed by atoms with Crippen molar-refractivity contribution >= 4 is 0 Å². The first-order valence-corrected chi connectivity index (χ1v) is 6.73. The van der Waals surface area contributed by atoms with E-state index in [1.807, 2.05) is 48.5 Å². The van der Waals surface area contributed by atoms with Gasteiger partial charge in [0.15, 0.2) is 5.60 Å². The molecule has 0 spiro atoms. The van der Waals surface area contributed by atoms with Crippen LogP contribution in [0.4, 0.5) is 0 Å². The summed E-state index contributed by atoms with van der Waals surface area (Å²) in [7, 11) is 0. The zero-order valence-electron chi connectivity index (χ0n) is 10.9. The van der Waals surface area contributed by atoms with E-state index in [9.17, 15) is 5.11 Å². The molecule has 0 saturated carbocycles. The van der Waals surface area contributed by atoms with Crippen LogP contribution in [0.15, 0.2) is 71.3 Å². The SMILES string of the molecule is OC1(c2ccco2)c2ccccc2Cc2ccccc21. The van der Waals surface area contributed by atoms with Gasteiger partial charge in [-0.05, 0) is 40.8 Å². The lowest BCUT2D eigenvalue weighted by Gasteiger charge is -2.35. The van der Waals surface area contributed by atoms with Crippen LogP contribution in [0.3, 0.4) is 0 Å². The fourth-order valence-electron chi connectivity index (χ4n) is 3.15. The molecule has 0 amide bonds. The topological polar surface area (TPSA) is 33.4 Å². The maximum absolute atomic E-state index is 11.4. The second-order valence-electron chi connectivity index (χ2n) is 5.18. The van der Waals surface area contributed by atoms with Crippen molar-refractivity contribution in [3.8, 4) is 0 Å². The second kappa shape index (κ2) is 4.09. The Morgan fingerprint density at radius 1 is 0.800 bits per heavy atom. The zero-order chi connectivity index (χ0) is 13.6. The summed E-state index contributed by atoms with van der Waals surface area (Å²) in [4.78, 5) is 0. The number of hydrogen-bond acceptors (Lipinski definition) is 2. The van der Waals surface area contributed by atoms with Crippen molar-refractivity contribution in [2.24, 2.45) is 0 Å². The highest BCUT2D eigenvalue weighted by atomic mass is 16.4. The van der Waals surface area contributed by atoms with Gasteiger partial charge in [-0.2, -0.15) is 0 Å². The highest BCUT2D eigenvalue weighted by Crippen LogP contribution is 2.44. The summed E-state index contributed by atoms with van der Waals surface area (Å²) >= 11 is 0. The van der Waals surface area contributed by atoms with Gasteiger partial charge in [0.05, 0.1) is 6.26 Å².